The molecule has 2 rings (SSSR count). The highest BCUT2D eigenvalue weighted by Crippen LogP contribution is 2.48. The van der Waals surface area contributed by atoms with Gasteiger partial charge in [-0.3, -0.25) is 0 Å². The zero-order valence-electron chi connectivity index (χ0n) is 10.6. The van der Waals surface area contributed by atoms with Crippen LogP contribution in [0.4, 0.5) is 0 Å². The summed E-state index contributed by atoms with van der Waals surface area (Å²) in [6.07, 6.45) is 0.851. The lowest BCUT2D eigenvalue weighted by Crippen LogP contribution is -2.24. The first-order valence-electron chi connectivity index (χ1n) is 5.69. The molecule has 0 radical (unpaired) electrons. The zero-order valence-corrected chi connectivity index (χ0v) is 11.4. The van der Waals surface area contributed by atoms with E-state index in [-0.39, 0.29) is 17.2 Å². The van der Waals surface area contributed by atoms with Crippen LogP contribution >= 0.6 is 11.3 Å². The van der Waals surface area contributed by atoms with Crippen LogP contribution in [0.25, 0.3) is 0 Å². The highest BCUT2D eigenvalue weighted by Gasteiger charge is 2.46. The van der Waals surface area contributed by atoms with Crippen molar-refractivity contribution in [3.63, 3.8) is 0 Å². The number of ether oxygens (including phenoxy) is 1. The number of thiazole rings is 1. The number of hydrogen-bond donors (Lipinski definition) is 1. The molecular weight excluding hydrogens is 220 g/mol. The Morgan fingerprint density at radius 3 is 2.44 bits per heavy atom. The summed E-state index contributed by atoms with van der Waals surface area (Å²) >= 11 is 1.74. The number of fused-ring (bicyclic) bond motifs is 1. The van der Waals surface area contributed by atoms with E-state index in [9.17, 15) is 0 Å². The van der Waals surface area contributed by atoms with Gasteiger partial charge in [0.2, 0.25) is 0 Å². The Hall–Kier alpha value is -0.450. The molecule has 0 fully saturated rings. The van der Waals surface area contributed by atoms with Crippen molar-refractivity contribution in [3.8, 4) is 0 Å². The third-order valence-electron chi connectivity index (χ3n) is 2.80. The van der Waals surface area contributed by atoms with E-state index in [0.717, 1.165) is 17.1 Å². The Labute approximate surface area is 101 Å². The first-order valence-corrected chi connectivity index (χ1v) is 6.50. The Morgan fingerprint density at radius 1 is 1.31 bits per heavy atom. The lowest BCUT2D eigenvalue weighted by molar-refractivity contribution is -0.105. The fourth-order valence-corrected chi connectivity index (χ4v) is 3.67. The lowest BCUT2D eigenvalue weighted by Gasteiger charge is -2.24. The van der Waals surface area contributed by atoms with E-state index in [1.807, 2.05) is 6.92 Å². The van der Waals surface area contributed by atoms with E-state index in [2.05, 4.69) is 27.7 Å². The van der Waals surface area contributed by atoms with Crippen molar-refractivity contribution in [1.82, 2.24) is 4.98 Å². The number of aromatic nitrogens is 1. The highest BCUT2D eigenvalue weighted by atomic mass is 32.1. The van der Waals surface area contributed by atoms with Gasteiger partial charge in [0.05, 0.1) is 21.2 Å². The molecule has 2 heterocycles. The highest BCUT2D eigenvalue weighted by molar-refractivity contribution is 7.12. The van der Waals surface area contributed by atoms with Crippen LogP contribution in [0.5, 0.6) is 0 Å². The Morgan fingerprint density at radius 2 is 1.94 bits per heavy atom. The molecule has 0 spiro atoms. The van der Waals surface area contributed by atoms with Crippen LogP contribution < -0.4 is 5.73 Å². The summed E-state index contributed by atoms with van der Waals surface area (Å²) in [6, 6.07) is 0.165. The topological polar surface area (TPSA) is 48.1 Å². The van der Waals surface area contributed by atoms with Crippen molar-refractivity contribution in [2.75, 3.05) is 0 Å². The van der Waals surface area contributed by atoms with Crippen molar-refractivity contribution in [2.24, 2.45) is 5.73 Å². The van der Waals surface area contributed by atoms with E-state index in [0.29, 0.717) is 0 Å². The maximum absolute atomic E-state index is 6.02. The molecule has 1 atom stereocenters. The predicted molar refractivity (Wildman–Crippen MR) is 66.6 cm³/mol. The van der Waals surface area contributed by atoms with E-state index in [4.69, 9.17) is 15.5 Å². The summed E-state index contributed by atoms with van der Waals surface area (Å²) < 4.78 is 6.02. The Balaban J connectivity index is 2.41. The summed E-state index contributed by atoms with van der Waals surface area (Å²) in [5.74, 6) is 0. The van der Waals surface area contributed by atoms with E-state index < -0.39 is 0 Å². The SMILES string of the molecule is CC(N)Cc1nc2c(s1)C(C)(C)OC2(C)C. The normalized spacial score (nSPS) is 23.1. The first-order chi connectivity index (χ1) is 7.22. The molecule has 2 N–H and O–H groups in total. The zero-order chi connectivity index (χ0) is 12.1. The van der Waals surface area contributed by atoms with Gasteiger partial charge >= 0.3 is 0 Å². The molecule has 0 aromatic carbocycles. The van der Waals surface area contributed by atoms with Crippen LogP contribution in [-0.4, -0.2) is 11.0 Å². The van der Waals surface area contributed by atoms with Crippen molar-refractivity contribution in [1.29, 1.82) is 0 Å². The fourth-order valence-electron chi connectivity index (χ4n) is 2.28. The number of nitrogens with two attached hydrogens (primary N) is 1. The molecule has 16 heavy (non-hydrogen) atoms. The van der Waals surface area contributed by atoms with E-state index >= 15 is 0 Å². The standard InChI is InChI=1S/C12H20N2OS/c1-7(13)6-8-14-9-10(16-8)12(4,5)15-11(9,2)3/h7H,6,13H2,1-5H3. The third-order valence-corrected chi connectivity index (χ3v) is 4.18. The molecule has 0 saturated heterocycles. The van der Waals surface area contributed by atoms with Gasteiger partial charge in [-0.15, -0.1) is 11.3 Å². The molecule has 1 aliphatic heterocycles. The third kappa shape index (κ3) is 1.90. The summed E-state index contributed by atoms with van der Waals surface area (Å²) in [7, 11) is 0. The summed E-state index contributed by atoms with van der Waals surface area (Å²) in [5.41, 5.74) is 6.42. The van der Waals surface area contributed by atoms with Crippen molar-refractivity contribution in [2.45, 2.75) is 58.3 Å². The summed E-state index contributed by atoms with van der Waals surface area (Å²) in [6.45, 7) is 10.4. The fraction of sp³-hybridized carbons (Fsp3) is 0.750. The van der Waals surface area contributed by atoms with Crippen LogP contribution in [0.15, 0.2) is 0 Å². The monoisotopic (exact) mass is 240 g/mol. The second-order valence-corrected chi connectivity index (χ2v) is 6.67. The smallest absolute Gasteiger partial charge is 0.107 e. The molecule has 1 unspecified atom stereocenters. The maximum atomic E-state index is 6.02. The van der Waals surface area contributed by atoms with Gasteiger partial charge in [0.1, 0.15) is 5.60 Å². The number of nitrogens with zero attached hydrogens (tertiary/aromatic N) is 1. The van der Waals surface area contributed by atoms with Crippen LogP contribution in [0.3, 0.4) is 0 Å². The second-order valence-electron chi connectivity index (χ2n) is 5.59. The van der Waals surface area contributed by atoms with Crippen LogP contribution in [0.1, 0.15) is 50.2 Å². The average Bonchev–Trinajstić information content (AvgIpc) is 2.51. The number of hydrogen-bond acceptors (Lipinski definition) is 4. The van der Waals surface area contributed by atoms with Gasteiger partial charge in [0.15, 0.2) is 0 Å². The van der Waals surface area contributed by atoms with Gasteiger partial charge in [-0.25, -0.2) is 4.98 Å². The van der Waals surface area contributed by atoms with Gasteiger partial charge in [0, 0.05) is 12.5 Å². The average molecular weight is 240 g/mol. The molecule has 4 heteroatoms. The molecule has 0 bridgehead atoms. The van der Waals surface area contributed by atoms with Gasteiger partial charge in [-0.2, -0.15) is 0 Å². The number of rotatable bonds is 2. The van der Waals surface area contributed by atoms with E-state index in [1.54, 1.807) is 11.3 Å². The van der Waals surface area contributed by atoms with Crippen LogP contribution in [-0.2, 0) is 22.4 Å². The minimum atomic E-state index is -0.272. The molecule has 1 aromatic rings. The molecule has 1 aromatic heterocycles. The van der Waals surface area contributed by atoms with Gasteiger partial charge in [-0.05, 0) is 34.6 Å². The maximum Gasteiger partial charge on any atom is 0.107 e. The van der Waals surface area contributed by atoms with Gasteiger partial charge in [0.25, 0.3) is 0 Å². The van der Waals surface area contributed by atoms with Gasteiger partial charge < -0.3 is 10.5 Å². The van der Waals surface area contributed by atoms with Crippen LogP contribution in [0.2, 0.25) is 0 Å². The van der Waals surface area contributed by atoms with Crippen molar-refractivity contribution >= 4 is 11.3 Å². The molecule has 0 amide bonds. The molecule has 0 aliphatic carbocycles. The minimum Gasteiger partial charge on any atom is -0.358 e. The predicted octanol–water partition coefficient (Wildman–Crippen LogP) is 2.53. The molecule has 0 saturated carbocycles. The molecular formula is C12H20N2OS. The summed E-state index contributed by atoms with van der Waals surface area (Å²) in [4.78, 5) is 5.95. The molecule has 90 valence electrons. The van der Waals surface area contributed by atoms with Gasteiger partial charge in [-0.1, -0.05) is 0 Å². The Kier molecular flexibility index (Phi) is 2.64. The van der Waals surface area contributed by atoms with Crippen LogP contribution in [0, 0.1) is 0 Å². The first kappa shape index (κ1) is 12.0. The van der Waals surface area contributed by atoms with E-state index in [1.165, 1.54) is 4.88 Å². The largest absolute Gasteiger partial charge is 0.358 e. The van der Waals surface area contributed by atoms with Crippen molar-refractivity contribution in [3.05, 3.63) is 15.6 Å². The lowest BCUT2D eigenvalue weighted by atomic mass is 10.0. The van der Waals surface area contributed by atoms with Crippen molar-refractivity contribution < 1.29 is 4.74 Å². The summed E-state index contributed by atoms with van der Waals surface area (Å²) in [5, 5.41) is 1.13. The second kappa shape index (κ2) is 3.52. The molecule has 3 nitrogen and oxygen atoms in total. The Bertz CT molecular complexity index is 376. The molecule has 1 aliphatic rings. The minimum absolute atomic E-state index is 0.165. The quantitative estimate of drug-likeness (QED) is 0.864.